The zero-order valence-electron chi connectivity index (χ0n) is 20.0. The number of rotatable bonds is 12. The number of nitrogens with zero attached hydrogens (tertiary/aromatic N) is 3. The van der Waals surface area contributed by atoms with Crippen LogP contribution in [0.15, 0.2) is 71.6 Å². The van der Waals surface area contributed by atoms with Crippen molar-refractivity contribution >= 4 is 33.6 Å². The van der Waals surface area contributed by atoms with Gasteiger partial charge in [-0.15, -0.1) is 0 Å². The molecule has 188 valence electrons. The molecule has 0 unspecified atom stereocenters. The van der Waals surface area contributed by atoms with Crippen molar-refractivity contribution in [2.24, 2.45) is 0 Å². The van der Waals surface area contributed by atoms with Crippen molar-refractivity contribution in [3.8, 4) is 5.75 Å². The van der Waals surface area contributed by atoms with Crippen molar-refractivity contribution < 1.29 is 17.6 Å². The van der Waals surface area contributed by atoms with Gasteiger partial charge in [0.05, 0.1) is 0 Å². The molecule has 0 radical (unpaired) electrons. The van der Waals surface area contributed by atoms with Gasteiger partial charge in [-0.05, 0) is 60.7 Å². The Morgan fingerprint density at radius 3 is 2.58 bits per heavy atom. The van der Waals surface area contributed by atoms with Crippen LogP contribution in [0.1, 0.15) is 41.4 Å². The molecule has 0 spiro atoms. The zero-order valence-corrected chi connectivity index (χ0v) is 21.6. The number of ether oxygens (including phenoxy) is 1. The quantitative estimate of drug-likeness (QED) is 0.216. The highest BCUT2D eigenvalue weighted by Gasteiger charge is 2.10. The number of sulfone groups is 1. The van der Waals surface area contributed by atoms with Gasteiger partial charge in [-0.1, -0.05) is 35.9 Å². The Morgan fingerprint density at radius 1 is 1.06 bits per heavy atom. The molecule has 0 amide bonds. The Morgan fingerprint density at radius 2 is 1.83 bits per heavy atom. The number of oxazole rings is 1. The van der Waals surface area contributed by atoms with E-state index in [4.69, 9.17) is 20.8 Å². The third-order valence-electron chi connectivity index (χ3n) is 5.48. The maximum atomic E-state index is 11.5. The van der Waals surface area contributed by atoms with Crippen LogP contribution < -0.4 is 4.74 Å². The van der Waals surface area contributed by atoms with E-state index >= 15 is 0 Å². The highest BCUT2D eigenvalue weighted by Crippen LogP contribution is 2.17. The summed E-state index contributed by atoms with van der Waals surface area (Å²) in [7, 11) is -3.09. The van der Waals surface area contributed by atoms with E-state index in [2.05, 4.69) is 22.1 Å². The largest absolute Gasteiger partial charge is 0.487 e. The predicted octanol–water partition coefficient (Wildman–Crippen LogP) is 5.84. The maximum Gasteiger partial charge on any atom is 0.218 e. The number of benzene rings is 2. The van der Waals surface area contributed by atoms with E-state index in [9.17, 15) is 8.42 Å². The smallest absolute Gasteiger partial charge is 0.218 e. The Kier molecular flexibility index (Phi) is 8.61. The third kappa shape index (κ3) is 8.10. The first-order valence-electron chi connectivity index (χ1n) is 11.6. The molecule has 0 atom stereocenters. The van der Waals surface area contributed by atoms with Gasteiger partial charge in [-0.25, -0.2) is 18.4 Å². The number of hydrogen-bond donors (Lipinski definition) is 0. The van der Waals surface area contributed by atoms with E-state index in [-0.39, 0.29) is 5.75 Å². The fourth-order valence-electron chi connectivity index (χ4n) is 3.65. The van der Waals surface area contributed by atoms with Crippen LogP contribution in [0.4, 0.5) is 0 Å². The minimum absolute atomic E-state index is 0.0305. The summed E-state index contributed by atoms with van der Waals surface area (Å²) >= 11 is 5.91. The number of unbranched alkanes of at least 4 members (excludes halogenated alkanes) is 1. The molecule has 0 aliphatic rings. The van der Waals surface area contributed by atoms with Gasteiger partial charge >= 0.3 is 0 Å². The van der Waals surface area contributed by atoms with Gasteiger partial charge in [0.25, 0.3) is 0 Å². The normalized spacial score (nSPS) is 11.8. The summed E-state index contributed by atoms with van der Waals surface area (Å²) in [6.45, 7) is 1.07. The van der Waals surface area contributed by atoms with Crippen molar-refractivity contribution in [3.05, 3.63) is 101 Å². The van der Waals surface area contributed by atoms with Gasteiger partial charge in [0, 0.05) is 36.3 Å². The fourth-order valence-corrected chi connectivity index (χ4v) is 4.48. The van der Waals surface area contributed by atoms with Crippen LogP contribution in [0.2, 0.25) is 5.02 Å². The molecule has 0 aliphatic carbocycles. The molecular formula is C27H28ClN3O4S. The van der Waals surface area contributed by atoms with Crippen LogP contribution in [0.3, 0.4) is 0 Å². The molecule has 0 saturated heterocycles. The van der Waals surface area contributed by atoms with Crippen molar-refractivity contribution in [1.82, 2.24) is 14.5 Å². The lowest BCUT2D eigenvalue weighted by Gasteiger charge is -2.08. The number of hydrogen-bond acceptors (Lipinski definition) is 6. The molecular weight excluding hydrogens is 498 g/mol. The van der Waals surface area contributed by atoms with Gasteiger partial charge < -0.3 is 13.7 Å². The second-order valence-corrected chi connectivity index (χ2v) is 11.1. The Labute approximate surface area is 216 Å². The van der Waals surface area contributed by atoms with Crippen molar-refractivity contribution in [2.45, 2.75) is 38.2 Å². The minimum Gasteiger partial charge on any atom is -0.487 e. The lowest BCUT2D eigenvalue weighted by molar-refractivity contribution is 0.301. The number of imidazole rings is 1. The van der Waals surface area contributed by atoms with Gasteiger partial charge in [0.2, 0.25) is 5.89 Å². The van der Waals surface area contributed by atoms with Gasteiger partial charge in [-0.2, -0.15) is 0 Å². The molecule has 4 aromatic rings. The molecule has 0 bridgehead atoms. The molecule has 0 aliphatic heterocycles. The van der Waals surface area contributed by atoms with E-state index in [1.54, 1.807) is 18.5 Å². The summed E-state index contributed by atoms with van der Waals surface area (Å²) in [5.41, 5.74) is 2.94. The molecule has 0 saturated carbocycles. The van der Waals surface area contributed by atoms with E-state index in [0.29, 0.717) is 29.0 Å². The summed E-state index contributed by atoms with van der Waals surface area (Å²) in [4.78, 5) is 8.59. The molecule has 2 aromatic carbocycles. The number of aryl methyl sites for hydroxylation is 2. The monoisotopic (exact) mass is 525 g/mol. The van der Waals surface area contributed by atoms with Crippen LogP contribution in [-0.4, -0.2) is 29.2 Å². The molecule has 4 rings (SSSR count). The average molecular weight is 526 g/mol. The lowest BCUT2D eigenvalue weighted by atomic mass is 10.1. The first-order chi connectivity index (χ1) is 17.3. The first kappa shape index (κ1) is 25.7. The Balaban J connectivity index is 1.19. The Bertz CT molecular complexity index is 1390. The molecule has 9 heteroatoms. The van der Waals surface area contributed by atoms with Crippen LogP contribution >= 0.6 is 11.6 Å². The Hall–Kier alpha value is -3.36. The first-order valence-corrected chi connectivity index (χ1v) is 14.1. The average Bonchev–Trinajstić information content (AvgIpc) is 3.49. The SMILES string of the molecule is CS(=O)(=O)Cc1nccn1CCCCc1ccc(OCc2coc(/C=C/c3ccc(Cl)cc3)n2)cc1. The summed E-state index contributed by atoms with van der Waals surface area (Å²) in [5, 5.41) is 0.698. The maximum absolute atomic E-state index is 11.5. The summed E-state index contributed by atoms with van der Waals surface area (Å²) in [6.07, 6.45) is 12.9. The summed E-state index contributed by atoms with van der Waals surface area (Å²) in [6, 6.07) is 15.5. The molecule has 36 heavy (non-hydrogen) atoms. The number of aromatic nitrogens is 3. The van der Waals surface area contributed by atoms with Crippen LogP contribution in [0.5, 0.6) is 5.75 Å². The summed E-state index contributed by atoms with van der Waals surface area (Å²) < 4.78 is 36.3. The van der Waals surface area contributed by atoms with E-state index in [1.807, 2.05) is 53.2 Å². The van der Waals surface area contributed by atoms with Gasteiger partial charge in [-0.3, -0.25) is 0 Å². The molecule has 2 heterocycles. The van der Waals surface area contributed by atoms with E-state index in [1.165, 1.54) is 11.8 Å². The lowest BCUT2D eigenvalue weighted by Crippen LogP contribution is -2.09. The zero-order chi connectivity index (χ0) is 25.4. The minimum atomic E-state index is -3.09. The van der Waals surface area contributed by atoms with Crippen LogP contribution in [0, 0.1) is 0 Å². The van der Waals surface area contributed by atoms with Crippen molar-refractivity contribution in [3.63, 3.8) is 0 Å². The standard InChI is InChI=1S/C27H28ClN3O4S/c1-36(32,33)20-26-29-15-17-31(26)16-3-2-4-21-7-12-25(13-8-21)34-18-24-19-35-27(30-24)14-9-22-5-10-23(28)11-6-22/h5-15,17,19H,2-4,16,18,20H2,1H3/b14-9+. The second-order valence-electron chi connectivity index (χ2n) is 8.56. The van der Waals surface area contributed by atoms with Crippen molar-refractivity contribution in [1.29, 1.82) is 0 Å². The fraction of sp³-hybridized carbons (Fsp3) is 0.259. The van der Waals surface area contributed by atoms with E-state index in [0.717, 1.165) is 37.1 Å². The van der Waals surface area contributed by atoms with Gasteiger partial charge in [0.1, 0.15) is 35.9 Å². The van der Waals surface area contributed by atoms with Crippen LogP contribution in [-0.2, 0) is 35.2 Å². The highest BCUT2D eigenvalue weighted by molar-refractivity contribution is 7.89. The summed E-state index contributed by atoms with van der Waals surface area (Å²) in [5.74, 6) is 1.84. The third-order valence-corrected chi connectivity index (χ3v) is 6.51. The van der Waals surface area contributed by atoms with E-state index < -0.39 is 9.84 Å². The second kappa shape index (κ2) is 12.1. The van der Waals surface area contributed by atoms with Crippen molar-refractivity contribution in [2.75, 3.05) is 6.26 Å². The highest BCUT2D eigenvalue weighted by atomic mass is 35.5. The molecule has 2 aromatic heterocycles. The molecule has 0 N–H and O–H groups in total. The number of halogens is 1. The van der Waals surface area contributed by atoms with Gasteiger partial charge in [0.15, 0.2) is 9.84 Å². The predicted molar refractivity (Wildman–Crippen MR) is 141 cm³/mol. The topological polar surface area (TPSA) is 87.2 Å². The molecule has 7 nitrogen and oxygen atoms in total. The van der Waals surface area contributed by atoms with Crippen LogP contribution in [0.25, 0.3) is 12.2 Å². The molecule has 0 fully saturated rings.